The highest BCUT2D eigenvalue weighted by Crippen LogP contribution is 2.14. The zero-order valence-electron chi connectivity index (χ0n) is 8.42. The highest BCUT2D eigenvalue weighted by molar-refractivity contribution is 7.99. The second-order valence-corrected chi connectivity index (χ2v) is 4.13. The van der Waals surface area contributed by atoms with E-state index in [4.69, 9.17) is 5.11 Å². The van der Waals surface area contributed by atoms with Crippen molar-refractivity contribution in [3.63, 3.8) is 0 Å². The summed E-state index contributed by atoms with van der Waals surface area (Å²) in [5.74, 6) is 2.06. The molecule has 0 unspecified atom stereocenters. The summed E-state index contributed by atoms with van der Waals surface area (Å²) in [6, 6.07) is 0. The molecule has 0 spiro atoms. The molecule has 1 aromatic heterocycles. The first-order valence-corrected chi connectivity index (χ1v) is 5.67. The molecule has 1 rings (SSSR count). The van der Waals surface area contributed by atoms with Crippen LogP contribution in [0.4, 0.5) is 5.82 Å². The van der Waals surface area contributed by atoms with Crippen molar-refractivity contribution in [2.24, 2.45) is 0 Å². The molecular formula is C8H13N3O3S. The van der Waals surface area contributed by atoms with E-state index in [1.807, 2.05) is 0 Å². The summed E-state index contributed by atoms with van der Waals surface area (Å²) in [7, 11) is 0. The van der Waals surface area contributed by atoms with Crippen molar-refractivity contribution in [1.29, 1.82) is 0 Å². The summed E-state index contributed by atoms with van der Waals surface area (Å²) in [5, 5.41) is 19.2. The maximum absolute atomic E-state index is 10.6. The van der Waals surface area contributed by atoms with Gasteiger partial charge in [-0.15, -0.1) is 0 Å². The first-order chi connectivity index (χ1) is 7.16. The molecule has 0 aromatic carbocycles. The van der Waals surface area contributed by atoms with Crippen LogP contribution < -0.4 is 0 Å². The fourth-order valence-electron chi connectivity index (χ4n) is 1.20. The van der Waals surface area contributed by atoms with E-state index in [0.29, 0.717) is 18.1 Å². The number of aliphatic hydroxyl groups excluding tert-OH is 1. The van der Waals surface area contributed by atoms with E-state index >= 15 is 0 Å². The molecule has 0 bridgehead atoms. The molecule has 1 N–H and O–H groups in total. The number of hydrogen-bond donors (Lipinski definition) is 1. The molecule has 0 saturated carbocycles. The number of nitro groups is 1. The second kappa shape index (κ2) is 5.72. The van der Waals surface area contributed by atoms with Crippen molar-refractivity contribution in [3.05, 3.63) is 22.1 Å². The van der Waals surface area contributed by atoms with E-state index in [2.05, 4.69) is 4.98 Å². The molecule has 6 nitrogen and oxygen atoms in total. The minimum Gasteiger partial charge on any atom is -0.396 e. The Kier molecular flexibility index (Phi) is 4.57. The molecule has 1 aromatic rings. The Balaban J connectivity index is 2.58. The van der Waals surface area contributed by atoms with Crippen molar-refractivity contribution in [1.82, 2.24) is 9.55 Å². The van der Waals surface area contributed by atoms with Crippen LogP contribution >= 0.6 is 11.8 Å². The molecule has 0 atom stereocenters. The van der Waals surface area contributed by atoms with Gasteiger partial charge >= 0.3 is 5.82 Å². The Morgan fingerprint density at radius 3 is 3.00 bits per heavy atom. The summed E-state index contributed by atoms with van der Waals surface area (Å²) in [5.41, 5.74) is 0. The van der Waals surface area contributed by atoms with Crippen molar-refractivity contribution in [2.45, 2.75) is 13.5 Å². The van der Waals surface area contributed by atoms with Crippen LogP contribution in [0.15, 0.2) is 6.20 Å². The molecule has 15 heavy (non-hydrogen) atoms. The largest absolute Gasteiger partial charge is 0.396 e. The standard InChI is InChI=1S/C8H13N3O3S/c1-7-9-6-8(11(13)14)10(7)2-4-15-5-3-12/h6,12H,2-5H2,1H3. The van der Waals surface area contributed by atoms with Gasteiger partial charge in [-0.2, -0.15) is 11.8 Å². The molecular weight excluding hydrogens is 218 g/mol. The van der Waals surface area contributed by atoms with Gasteiger partial charge in [0.05, 0.1) is 6.61 Å². The summed E-state index contributed by atoms with van der Waals surface area (Å²) in [4.78, 5) is 14.1. The van der Waals surface area contributed by atoms with Crippen LogP contribution in [0.5, 0.6) is 0 Å². The normalized spacial score (nSPS) is 10.5. The van der Waals surface area contributed by atoms with Gasteiger partial charge in [-0.25, -0.2) is 9.55 Å². The highest BCUT2D eigenvalue weighted by atomic mass is 32.2. The minimum absolute atomic E-state index is 0.0251. The Morgan fingerprint density at radius 2 is 2.40 bits per heavy atom. The second-order valence-electron chi connectivity index (χ2n) is 2.91. The van der Waals surface area contributed by atoms with Crippen molar-refractivity contribution >= 4 is 17.6 Å². The number of aromatic nitrogens is 2. The van der Waals surface area contributed by atoms with Crippen molar-refractivity contribution < 1.29 is 10.0 Å². The van der Waals surface area contributed by atoms with Gasteiger partial charge in [0.2, 0.25) is 0 Å². The third-order valence-electron chi connectivity index (χ3n) is 1.92. The Morgan fingerprint density at radius 1 is 1.67 bits per heavy atom. The van der Waals surface area contributed by atoms with E-state index in [1.165, 1.54) is 6.20 Å². The molecule has 0 amide bonds. The van der Waals surface area contributed by atoms with Crippen molar-refractivity contribution in [2.75, 3.05) is 18.1 Å². The fourth-order valence-corrected chi connectivity index (χ4v) is 1.85. The van der Waals surface area contributed by atoms with Crippen LogP contribution in [0.25, 0.3) is 0 Å². The molecule has 1 heterocycles. The van der Waals surface area contributed by atoms with E-state index in [-0.39, 0.29) is 12.4 Å². The monoisotopic (exact) mass is 231 g/mol. The maximum atomic E-state index is 10.6. The Labute approximate surface area is 91.5 Å². The quantitative estimate of drug-likeness (QED) is 0.445. The molecule has 0 radical (unpaired) electrons. The molecule has 7 heteroatoms. The summed E-state index contributed by atoms with van der Waals surface area (Å²) in [6.07, 6.45) is 1.27. The Bertz CT molecular complexity index is 340. The minimum atomic E-state index is -0.434. The van der Waals surface area contributed by atoms with Gasteiger partial charge in [0.15, 0.2) is 5.82 Å². The molecule has 0 aliphatic carbocycles. The molecule has 0 aliphatic heterocycles. The van der Waals surface area contributed by atoms with Gasteiger partial charge < -0.3 is 15.2 Å². The fraction of sp³-hybridized carbons (Fsp3) is 0.625. The van der Waals surface area contributed by atoms with E-state index in [1.54, 1.807) is 23.3 Å². The van der Waals surface area contributed by atoms with Crippen LogP contribution in [0.2, 0.25) is 0 Å². The summed E-state index contributed by atoms with van der Waals surface area (Å²) in [6.45, 7) is 2.42. The first-order valence-electron chi connectivity index (χ1n) is 4.52. The summed E-state index contributed by atoms with van der Waals surface area (Å²) >= 11 is 1.56. The third-order valence-corrected chi connectivity index (χ3v) is 2.86. The predicted molar refractivity (Wildman–Crippen MR) is 58.0 cm³/mol. The van der Waals surface area contributed by atoms with Crippen LogP contribution in [-0.4, -0.2) is 37.7 Å². The molecule has 84 valence electrons. The SMILES string of the molecule is Cc1ncc([N+](=O)[O-])n1CCSCCO. The number of aliphatic hydroxyl groups is 1. The van der Waals surface area contributed by atoms with E-state index in [0.717, 1.165) is 5.75 Å². The smallest absolute Gasteiger partial charge is 0.342 e. The van der Waals surface area contributed by atoms with Crippen LogP contribution in [0.1, 0.15) is 5.82 Å². The third kappa shape index (κ3) is 3.21. The van der Waals surface area contributed by atoms with Gasteiger partial charge in [-0.05, 0) is 4.92 Å². The first kappa shape index (κ1) is 12.0. The predicted octanol–water partition coefficient (Wildman–Crippen LogP) is 0.825. The molecule has 0 saturated heterocycles. The lowest BCUT2D eigenvalue weighted by atomic mass is 10.6. The van der Waals surface area contributed by atoms with Crippen LogP contribution in [0.3, 0.4) is 0 Å². The Hall–Kier alpha value is -1.08. The van der Waals surface area contributed by atoms with Crippen LogP contribution in [0, 0.1) is 17.0 Å². The number of hydrogen-bond acceptors (Lipinski definition) is 5. The van der Waals surface area contributed by atoms with E-state index in [9.17, 15) is 10.1 Å². The highest BCUT2D eigenvalue weighted by Gasteiger charge is 2.16. The van der Waals surface area contributed by atoms with Gasteiger partial charge in [-0.1, -0.05) is 0 Å². The zero-order valence-corrected chi connectivity index (χ0v) is 9.24. The average molecular weight is 231 g/mol. The van der Waals surface area contributed by atoms with Gasteiger partial charge in [0.25, 0.3) is 0 Å². The lowest BCUT2D eigenvalue weighted by molar-refractivity contribution is -0.392. The van der Waals surface area contributed by atoms with Crippen LogP contribution in [-0.2, 0) is 6.54 Å². The molecule has 0 fully saturated rings. The number of aryl methyl sites for hydroxylation is 1. The molecule has 0 aliphatic rings. The number of rotatable bonds is 6. The average Bonchev–Trinajstić information content (AvgIpc) is 2.55. The number of thioether (sulfide) groups is 1. The maximum Gasteiger partial charge on any atom is 0.342 e. The number of nitrogens with zero attached hydrogens (tertiary/aromatic N) is 3. The van der Waals surface area contributed by atoms with Gasteiger partial charge in [0, 0.05) is 18.4 Å². The van der Waals surface area contributed by atoms with E-state index < -0.39 is 4.92 Å². The number of imidazole rings is 1. The lowest BCUT2D eigenvalue weighted by Gasteiger charge is -2.02. The topological polar surface area (TPSA) is 81.2 Å². The lowest BCUT2D eigenvalue weighted by Crippen LogP contribution is -2.07. The van der Waals surface area contributed by atoms with Gasteiger partial charge in [-0.3, -0.25) is 0 Å². The van der Waals surface area contributed by atoms with Gasteiger partial charge in [0.1, 0.15) is 12.7 Å². The van der Waals surface area contributed by atoms with Crippen molar-refractivity contribution in [3.8, 4) is 0 Å². The zero-order chi connectivity index (χ0) is 11.3. The summed E-state index contributed by atoms with van der Waals surface area (Å²) < 4.78 is 1.57.